The van der Waals surface area contributed by atoms with Gasteiger partial charge in [0.05, 0.1) is 5.69 Å². The molecule has 2 heterocycles. The molecule has 0 aliphatic carbocycles. The van der Waals surface area contributed by atoms with E-state index in [1.807, 2.05) is 44.6 Å². The summed E-state index contributed by atoms with van der Waals surface area (Å²) < 4.78 is 26.4. The minimum absolute atomic E-state index is 0.0174. The summed E-state index contributed by atoms with van der Waals surface area (Å²) in [7, 11) is 2.02. The van der Waals surface area contributed by atoms with Crippen LogP contribution in [0, 0.1) is 5.82 Å². The van der Waals surface area contributed by atoms with Crippen molar-refractivity contribution >= 4 is 6.09 Å². The Balaban J connectivity index is 1.60. The molecule has 182 valence electrons. The molecule has 0 radical (unpaired) electrons. The third-order valence-electron chi connectivity index (χ3n) is 5.51. The Bertz CT molecular complexity index is 886. The number of aryl methyl sites for hydroxylation is 2. The monoisotopic (exact) mass is 460 g/mol. The van der Waals surface area contributed by atoms with E-state index >= 15 is 0 Å². The average molecular weight is 461 g/mol. The van der Waals surface area contributed by atoms with Gasteiger partial charge in [0.25, 0.3) is 0 Å². The number of benzene rings is 1. The summed E-state index contributed by atoms with van der Waals surface area (Å²) in [4.78, 5) is 14.0. The van der Waals surface area contributed by atoms with Crippen molar-refractivity contribution in [3.05, 3.63) is 53.1 Å². The van der Waals surface area contributed by atoms with E-state index < -0.39 is 11.7 Å². The predicted molar refractivity (Wildman–Crippen MR) is 125 cm³/mol. The number of ether oxygens (including phenoxy) is 2. The minimum Gasteiger partial charge on any atom is -0.444 e. The Hall–Kier alpha value is -2.45. The summed E-state index contributed by atoms with van der Waals surface area (Å²) in [5.41, 5.74) is 2.75. The van der Waals surface area contributed by atoms with Gasteiger partial charge in [-0.2, -0.15) is 5.10 Å². The smallest absolute Gasteiger partial charge is 0.407 e. The molecule has 7 nitrogen and oxygen atoms in total. The zero-order chi connectivity index (χ0) is 23.8. The van der Waals surface area contributed by atoms with Gasteiger partial charge >= 0.3 is 6.09 Å². The van der Waals surface area contributed by atoms with Crippen molar-refractivity contribution in [2.75, 3.05) is 26.7 Å². The highest BCUT2D eigenvalue weighted by atomic mass is 19.1. The lowest BCUT2D eigenvalue weighted by Crippen LogP contribution is -2.36. The van der Waals surface area contributed by atoms with Crippen molar-refractivity contribution in [2.24, 2.45) is 0 Å². The summed E-state index contributed by atoms with van der Waals surface area (Å²) in [6, 6.07) is 6.64. The van der Waals surface area contributed by atoms with Crippen LogP contribution in [0.3, 0.4) is 0 Å². The van der Waals surface area contributed by atoms with Crippen molar-refractivity contribution in [1.29, 1.82) is 0 Å². The zero-order valence-corrected chi connectivity index (χ0v) is 20.3. The van der Waals surface area contributed by atoms with Crippen LogP contribution in [0.5, 0.6) is 0 Å². The molecule has 1 saturated heterocycles. The molecular weight excluding hydrogens is 423 g/mol. The first-order valence-corrected chi connectivity index (χ1v) is 11.8. The van der Waals surface area contributed by atoms with Crippen LogP contribution in [0.1, 0.15) is 63.1 Å². The fourth-order valence-electron chi connectivity index (χ4n) is 3.84. The van der Waals surface area contributed by atoms with Gasteiger partial charge in [-0.25, -0.2) is 13.9 Å². The van der Waals surface area contributed by atoms with Gasteiger partial charge < -0.3 is 19.7 Å². The van der Waals surface area contributed by atoms with Gasteiger partial charge in [0.1, 0.15) is 17.6 Å². The first kappa shape index (κ1) is 25.2. The van der Waals surface area contributed by atoms with E-state index in [9.17, 15) is 9.18 Å². The number of aromatic nitrogens is 2. The second-order valence-corrected chi connectivity index (χ2v) is 9.70. The van der Waals surface area contributed by atoms with E-state index in [0.29, 0.717) is 19.6 Å². The molecular formula is C25H37FN4O3. The molecule has 1 atom stereocenters. The highest BCUT2D eigenvalue weighted by Crippen LogP contribution is 2.24. The summed E-state index contributed by atoms with van der Waals surface area (Å²) in [5, 5.41) is 7.67. The summed E-state index contributed by atoms with van der Waals surface area (Å²) >= 11 is 0. The van der Waals surface area contributed by atoms with Gasteiger partial charge in [-0.05, 0) is 77.6 Å². The zero-order valence-electron chi connectivity index (χ0n) is 20.3. The van der Waals surface area contributed by atoms with E-state index in [-0.39, 0.29) is 12.0 Å². The number of hydrogen-bond donors (Lipinski definition) is 1. The number of likely N-dealkylation sites (N-methyl/N-ethyl adjacent to an activating group) is 1. The Labute approximate surface area is 196 Å². The number of amides is 1. The van der Waals surface area contributed by atoms with Gasteiger partial charge in [0.2, 0.25) is 0 Å². The molecule has 1 aromatic carbocycles. The highest BCUT2D eigenvalue weighted by Gasteiger charge is 2.20. The third kappa shape index (κ3) is 8.44. The number of rotatable bonds is 9. The number of hydrogen-bond acceptors (Lipinski definition) is 5. The van der Waals surface area contributed by atoms with Crippen LogP contribution in [0.15, 0.2) is 30.5 Å². The fourth-order valence-corrected chi connectivity index (χ4v) is 3.84. The Morgan fingerprint density at radius 1 is 1.27 bits per heavy atom. The van der Waals surface area contributed by atoms with Crippen LogP contribution in [0.25, 0.3) is 0 Å². The molecule has 8 heteroatoms. The molecule has 0 saturated carbocycles. The molecule has 33 heavy (non-hydrogen) atoms. The van der Waals surface area contributed by atoms with Crippen molar-refractivity contribution in [3.63, 3.8) is 0 Å². The maximum atomic E-state index is 13.2. The third-order valence-corrected chi connectivity index (χ3v) is 5.51. The van der Waals surface area contributed by atoms with Crippen LogP contribution in [-0.4, -0.2) is 53.1 Å². The SMILES string of the molecule is CN(CCNC(=O)OC(C)(C)C)Cc1cn(C2CCCCO2)nc1CCc1ccc(F)cc1. The first-order chi connectivity index (χ1) is 15.7. The summed E-state index contributed by atoms with van der Waals surface area (Å²) in [5.74, 6) is -0.222. The Kier molecular flexibility index (Phi) is 8.86. The van der Waals surface area contributed by atoms with E-state index in [4.69, 9.17) is 14.6 Å². The standard InChI is InChI=1S/C25H37FN4O3/c1-25(2,3)33-24(31)27-14-15-29(4)17-20-18-30(23-7-5-6-16-32-23)28-22(20)13-10-19-8-11-21(26)12-9-19/h8-9,11-12,18,23H,5-7,10,13-17H2,1-4H3,(H,27,31). The normalized spacial score (nSPS) is 16.7. The van der Waals surface area contributed by atoms with Gasteiger partial charge in [-0.3, -0.25) is 0 Å². The lowest BCUT2D eigenvalue weighted by atomic mass is 10.1. The molecule has 1 amide bonds. The van der Waals surface area contributed by atoms with Crippen molar-refractivity contribution in [3.8, 4) is 0 Å². The lowest BCUT2D eigenvalue weighted by Gasteiger charge is -2.22. The molecule has 0 bridgehead atoms. The lowest BCUT2D eigenvalue weighted by molar-refractivity contribution is -0.0397. The topological polar surface area (TPSA) is 68.6 Å². The molecule has 1 aliphatic rings. The maximum Gasteiger partial charge on any atom is 0.407 e. The van der Waals surface area contributed by atoms with Gasteiger partial charge in [0, 0.05) is 38.0 Å². The van der Waals surface area contributed by atoms with Gasteiger partial charge in [-0.1, -0.05) is 12.1 Å². The van der Waals surface area contributed by atoms with Crippen LogP contribution in [0.4, 0.5) is 9.18 Å². The quantitative estimate of drug-likeness (QED) is 0.598. The minimum atomic E-state index is -0.509. The van der Waals surface area contributed by atoms with Gasteiger partial charge in [0.15, 0.2) is 0 Å². The van der Waals surface area contributed by atoms with Crippen LogP contribution in [-0.2, 0) is 28.9 Å². The molecule has 1 aliphatic heterocycles. The van der Waals surface area contributed by atoms with Crippen LogP contribution < -0.4 is 5.32 Å². The van der Waals surface area contributed by atoms with Gasteiger partial charge in [-0.15, -0.1) is 0 Å². The first-order valence-electron chi connectivity index (χ1n) is 11.8. The highest BCUT2D eigenvalue weighted by molar-refractivity contribution is 5.67. The number of carbonyl (C=O) groups is 1. The second kappa shape index (κ2) is 11.6. The summed E-state index contributed by atoms with van der Waals surface area (Å²) in [6.07, 6.45) is 6.43. The van der Waals surface area contributed by atoms with E-state index in [1.54, 1.807) is 0 Å². The predicted octanol–water partition coefficient (Wildman–Crippen LogP) is 4.46. The molecule has 1 unspecified atom stereocenters. The Morgan fingerprint density at radius 2 is 2.03 bits per heavy atom. The van der Waals surface area contributed by atoms with Crippen LogP contribution >= 0.6 is 0 Å². The number of carbonyl (C=O) groups excluding carboxylic acids is 1. The number of nitrogens with zero attached hydrogens (tertiary/aromatic N) is 3. The molecule has 1 fully saturated rings. The summed E-state index contributed by atoms with van der Waals surface area (Å²) in [6.45, 7) is 8.19. The van der Waals surface area contributed by atoms with Crippen LogP contribution in [0.2, 0.25) is 0 Å². The average Bonchev–Trinajstić information content (AvgIpc) is 3.15. The second-order valence-electron chi connectivity index (χ2n) is 9.70. The maximum absolute atomic E-state index is 13.2. The molecule has 1 N–H and O–H groups in total. The number of nitrogens with one attached hydrogen (secondary N) is 1. The van der Waals surface area contributed by atoms with Crippen molar-refractivity contribution in [1.82, 2.24) is 20.0 Å². The number of alkyl carbamates (subject to hydrolysis) is 1. The van der Waals surface area contributed by atoms with E-state index in [1.165, 1.54) is 12.1 Å². The molecule has 0 spiro atoms. The Morgan fingerprint density at radius 3 is 2.70 bits per heavy atom. The molecule has 2 aromatic rings. The van der Waals surface area contributed by atoms with E-state index in [2.05, 4.69) is 16.4 Å². The van der Waals surface area contributed by atoms with Crippen molar-refractivity contribution in [2.45, 2.75) is 71.2 Å². The molecule has 1 aromatic heterocycles. The number of halogens is 1. The molecule has 3 rings (SSSR count). The van der Waals surface area contributed by atoms with Crippen molar-refractivity contribution < 1.29 is 18.7 Å². The fraction of sp³-hybridized carbons (Fsp3) is 0.600. The van der Waals surface area contributed by atoms with E-state index in [0.717, 1.165) is 55.5 Å². The largest absolute Gasteiger partial charge is 0.444 e.